The maximum atomic E-state index is 12.4. The summed E-state index contributed by atoms with van der Waals surface area (Å²) in [5.41, 5.74) is -0.531. The molecule has 1 aliphatic heterocycles. The van der Waals surface area contributed by atoms with Crippen LogP contribution in [0.5, 0.6) is 0 Å². The van der Waals surface area contributed by atoms with Gasteiger partial charge < -0.3 is 19.5 Å². The fraction of sp³-hybridized carbons (Fsp3) is 0.789. The smallest absolute Gasteiger partial charge is 0.410 e. The molecule has 2 heterocycles. The van der Waals surface area contributed by atoms with Crippen LogP contribution in [0.25, 0.3) is 0 Å². The van der Waals surface area contributed by atoms with Gasteiger partial charge in [-0.1, -0.05) is 19.0 Å². The SMILES string of the molecule is CC(C)c1noc(CCCNC(=O)C2CCCN(C(=O)OC(C)(C)C)C2)n1. The fourth-order valence-corrected chi connectivity index (χ4v) is 2.88. The first kappa shape index (κ1) is 21.2. The van der Waals surface area contributed by atoms with Crippen LogP contribution in [0, 0.1) is 5.92 Å². The minimum Gasteiger partial charge on any atom is -0.444 e. The van der Waals surface area contributed by atoms with E-state index in [1.807, 2.05) is 34.6 Å². The molecule has 152 valence electrons. The van der Waals surface area contributed by atoms with E-state index in [4.69, 9.17) is 9.26 Å². The molecule has 0 bridgehead atoms. The lowest BCUT2D eigenvalue weighted by atomic mass is 9.97. The molecule has 0 spiro atoms. The molecule has 8 nitrogen and oxygen atoms in total. The van der Waals surface area contributed by atoms with Gasteiger partial charge >= 0.3 is 6.09 Å². The van der Waals surface area contributed by atoms with Crippen LogP contribution in [0.1, 0.15) is 71.5 Å². The second-order valence-electron chi connectivity index (χ2n) is 8.36. The number of carbonyl (C=O) groups is 2. The third kappa shape index (κ3) is 6.84. The minimum absolute atomic E-state index is 0.0170. The van der Waals surface area contributed by atoms with Crippen molar-refractivity contribution in [3.05, 3.63) is 11.7 Å². The van der Waals surface area contributed by atoms with Crippen LogP contribution in [0.15, 0.2) is 4.52 Å². The molecule has 1 saturated heterocycles. The summed E-state index contributed by atoms with van der Waals surface area (Å²) in [6, 6.07) is 0. The van der Waals surface area contributed by atoms with Crippen LogP contribution in [-0.4, -0.2) is 52.3 Å². The van der Waals surface area contributed by atoms with E-state index < -0.39 is 5.60 Å². The molecule has 1 aliphatic rings. The summed E-state index contributed by atoms with van der Waals surface area (Å²) in [6.07, 6.45) is 2.60. The first-order chi connectivity index (χ1) is 12.7. The molecule has 1 N–H and O–H groups in total. The molecular formula is C19H32N4O4. The van der Waals surface area contributed by atoms with Gasteiger partial charge in [-0.2, -0.15) is 4.98 Å². The predicted octanol–water partition coefficient (Wildman–Crippen LogP) is 2.89. The summed E-state index contributed by atoms with van der Waals surface area (Å²) in [6.45, 7) is 11.1. The fourth-order valence-electron chi connectivity index (χ4n) is 2.88. The van der Waals surface area contributed by atoms with Gasteiger partial charge in [-0.15, -0.1) is 0 Å². The Hall–Kier alpha value is -2.12. The lowest BCUT2D eigenvalue weighted by Crippen LogP contribution is -2.47. The van der Waals surface area contributed by atoms with Crippen molar-refractivity contribution in [2.45, 2.75) is 71.8 Å². The molecule has 2 rings (SSSR count). The maximum Gasteiger partial charge on any atom is 0.410 e. The van der Waals surface area contributed by atoms with Crippen LogP contribution in [0.3, 0.4) is 0 Å². The number of hydrogen-bond acceptors (Lipinski definition) is 6. The van der Waals surface area contributed by atoms with Gasteiger partial charge in [0.25, 0.3) is 0 Å². The first-order valence-electron chi connectivity index (χ1n) is 9.74. The molecule has 0 aliphatic carbocycles. The molecule has 1 aromatic heterocycles. The van der Waals surface area contributed by atoms with E-state index >= 15 is 0 Å². The molecule has 27 heavy (non-hydrogen) atoms. The highest BCUT2D eigenvalue weighted by Crippen LogP contribution is 2.19. The quantitative estimate of drug-likeness (QED) is 0.762. The third-order valence-electron chi connectivity index (χ3n) is 4.31. The predicted molar refractivity (Wildman–Crippen MR) is 100 cm³/mol. The summed E-state index contributed by atoms with van der Waals surface area (Å²) in [5.74, 6) is 1.33. The Bertz CT molecular complexity index is 636. The Morgan fingerprint density at radius 3 is 2.74 bits per heavy atom. The topological polar surface area (TPSA) is 97.6 Å². The largest absolute Gasteiger partial charge is 0.444 e. The number of aromatic nitrogens is 2. The molecule has 2 amide bonds. The van der Waals surface area contributed by atoms with E-state index in [1.54, 1.807) is 4.90 Å². The van der Waals surface area contributed by atoms with Gasteiger partial charge in [0.05, 0.1) is 5.92 Å². The number of aryl methyl sites for hydroxylation is 1. The number of hydrogen-bond donors (Lipinski definition) is 1. The second-order valence-corrected chi connectivity index (χ2v) is 8.36. The highest BCUT2D eigenvalue weighted by Gasteiger charge is 2.30. The van der Waals surface area contributed by atoms with E-state index in [2.05, 4.69) is 15.5 Å². The van der Waals surface area contributed by atoms with E-state index in [1.165, 1.54) is 0 Å². The van der Waals surface area contributed by atoms with Crippen molar-refractivity contribution in [1.29, 1.82) is 0 Å². The molecule has 1 aromatic rings. The highest BCUT2D eigenvalue weighted by atomic mass is 16.6. The minimum atomic E-state index is -0.531. The van der Waals surface area contributed by atoms with Crippen molar-refractivity contribution in [2.24, 2.45) is 5.92 Å². The Morgan fingerprint density at radius 2 is 2.11 bits per heavy atom. The summed E-state index contributed by atoms with van der Waals surface area (Å²) in [5, 5.41) is 6.88. The zero-order valence-electron chi connectivity index (χ0n) is 17.1. The Balaban J connectivity index is 1.72. The van der Waals surface area contributed by atoms with Crippen molar-refractivity contribution in [3.63, 3.8) is 0 Å². The van der Waals surface area contributed by atoms with E-state index in [0.717, 1.165) is 19.3 Å². The first-order valence-corrected chi connectivity index (χ1v) is 9.74. The Morgan fingerprint density at radius 1 is 1.37 bits per heavy atom. The molecule has 1 fully saturated rings. The Kier molecular flexibility index (Phi) is 7.21. The van der Waals surface area contributed by atoms with Gasteiger partial charge in [-0.25, -0.2) is 4.79 Å². The number of likely N-dealkylation sites (tertiary alicyclic amines) is 1. The molecule has 1 unspecified atom stereocenters. The molecule has 0 radical (unpaired) electrons. The van der Waals surface area contributed by atoms with Crippen LogP contribution in [-0.2, 0) is 16.0 Å². The summed E-state index contributed by atoms with van der Waals surface area (Å²) in [4.78, 5) is 30.6. The average Bonchev–Trinajstić information content (AvgIpc) is 3.06. The van der Waals surface area contributed by atoms with Crippen LogP contribution in [0.2, 0.25) is 0 Å². The van der Waals surface area contributed by atoms with E-state index in [9.17, 15) is 9.59 Å². The van der Waals surface area contributed by atoms with Gasteiger partial charge in [0.2, 0.25) is 11.8 Å². The van der Waals surface area contributed by atoms with Gasteiger partial charge in [0, 0.05) is 32.0 Å². The number of rotatable bonds is 6. The van der Waals surface area contributed by atoms with Gasteiger partial charge in [-0.05, 0) is 40.0 Å². The normalized spacial score (nSPS) is 17.9. The number of nitrogens with one attached hydrogen (secondary N) is 1. The van der Waals surface area contributed by atoms with Crippen molar-refractivity contribution >= 4 is 12.0 Å². The van der Waals surface area contributed by atoms with Gasteiger partial charge in [-0.3, -0.25) is 4.79 Å². The van der Waals surface area contributed by atoms with Crippen LogP contribution in [0.4, 0.5) is 4.79 Å². The average molecular weight is 380 g/mol. The summed E-state index contributed by atoms with van der Waals surface area (Å²) < 4.78 is 10.6. The summed E-state index contributed by atoms with van der Waals surface area (Å²) >= 11 is 0. The van der Waals surface area contributed by atoms with Crippen LogP contribution < -0.4 is 5.32 Å². The number of ether oxygens (including phenoxy) is 1. The third-order valence-corrected chi connectivity index (χ3v) is 4.31. The Labute approximate surface area is 161 Å². The highest BCUT2D eigenvalue weighted by molar-refractivity contribution is 5.80. The molecule has 0 saturated carbocycles. The molecule has 8 heteroatoms. The van der Waals surface area contributed by atoms with Crippen molar-refractivity contribution in [3.8, 4) is 0 Å². The van der Waals surface area contributed by atoms with E-state index in [-0.39, 0.29) is 23.8 Å². The van der Waals surface area contributed by atoms with E-state index in [0.29, 0.717) is 37.8 Å². The van der Waals surface area contributed by atoms with Crippen molar-refractivity contribution in [2.75, 3.05) is 19.6 Å². The summed E-state index contributed by atoms with van der Waals surface area (Å²) in [7, 11) is 0. The molecule has 1 atom stereocenters. The maximum absolute atomic E-state index is 12.4. The van der Waals surface area contributed by atoms with Crippen LogP contribution >= 0.6 is 0 Å². The van der Waals surface area contributed by atoms with Crippen molar-refractivity contribution < 1.29 is 18.8 Å². The zero-order chi connectivity index (χ0) is 20.0. The lowest BCUT2D eigenvalue weighted by Gasteiger charge is -2.33. The lowest BCUT2D eigenvalue weighted by molar-refractivity contribution is -0.126. The number of nitrogens with zero attached hydrogens (tertiary/aromatic N) is 3. The monoisotopic (exact) mass is 380 g/mol. The second kappa shape index (κ2) is 9.19. The number of carbonyl (C=O) groups excluding carboxylic acids is 2. The zero-order valence-corrected chi connectivity index (χ0v) is 17.1. The number of amides is 2. The van der Waals surface area contributed by atoms with Gasteiger partial charge in [0.15, 0.2) is 5.82 Å². The van der Waals surface area contributed by atoms with Gasteiger partial charge in [0.1, 0.15) is 5.60 Å². The standard InChI is InChI=1S/C19H32N4O4/c1-13(2)16-21-15(27-22-16)9-6-10-20-17(24)14-8-7-11-23(12-14)18(25)26-19(3,4)5/h13-14H,6-12H2,1-5H3,(H,20,24). The molecule has 0 aromatic carbocycles. The number of piperidine rings is 1. The molecular weight excluding hydrogens is 348 g/mol. The van der Waals surface area contributed by atoms with Crippen molar-refractivity contribution in [1.82, 2.24) is 20.4 Å².